The predicted octanol–water partition coefficient (Wildman–Crippen LogP) is 10.7. The van der Waals surface area contributed by atoms with Crippen molar-refractivity contribution in [2.45, 2.75) is 306 Å². The first-order valence-electron chi connectivity index (χ1n) is 33.1. The van der Waals surface area contributed by atoms with Crippen LogP contribution in [-0.2, 0) is 161 Å². The molecule has 27 atom stereocenters. The number of carbonyl (C=O) groups excluding carboxylic acids is 7. The Bertz CT molecular complexity index is 2830. The van der Waals surface area contributed by atoms with E-state index in [1.165, 1.54) is 7.11 Å². The summed E-state index contributed by atoms with van der Waals surface area (Å²) in [6.07, 6.45) is 9.56. The fourth-order valence-corrected chi connectivity index (χ4v) is 18.2. The zero-order valence-electron chi connectivity index (χ0n) is 56.1. The quantitative estimate of drug-likeness (QED) is 0.0214. The van der Waals surface area contributed by atoms with Crippen molar-refractivity contribution in [1.82, 2.24) is 0 Å². The summed E-state index contributed by atoms with van der Waals surface area (Å²) >= 11 is 25.5. The number of esters is 1. The van der Waals surface area contributed by atoms with Crippen molar-refractivity contribution in [1.29, 1.82) is 0 Å². The van der Waals surface area contributed by atoms with Crippen LogP contribution < -0.4 is 0 Å². The number of rotatable bonds is 25. The third-order valence-electron chi connectivity index (χ3n) is 19.7. The number of ketones is 2. The Morgan fingerprint density at radius 3 is 1.66 bits per heavy atom. The molecular formula is C68H94Cl3I3O22Y2. The molecule has 98 heavy (non-hydrogen) atoms. The van der Waals surface area contributed by atoms with Crippen LogP contribution in [0.1, 0.15) is 158 Å². The van der Waals surface area contributed by atoms with E-state index in [0.29, 0.717) is 70.5 Å². The van der Waals surface area contributed by atoms with Crippen molar-refractivity contribution in [3.63, 3.8) is 0 Å². The molecule has 22 nitrogen and oxygen atoms in total. The molecule has 8 bridgehead atoms. The van der Waals surface area contributed by atoms with E-state index in [0.717, 1.165) is 62.1 Å². The average Bonchev–Trinajstić information content (AvgIpc) is 1.62. The fraction of sp³-hybridized carbons (Fsp3) is 0.779. The molecule has 0 spiro atoms. The number of aliphatic hydroxyl groups excluding tert-OH is 2. The normalized spacial score (nSPS) is 38.4. The van der Waals surface area contributed by atoms with Gasteiger partial charge in [0.2, 0.25) is 17.4 Å². The maximum atomic E-state index is 12.6. The molecule has 12 rings (SSSR count). The second kappa shape index (κ2) is 41.9. The molecule has 0 aromatic carbocycles. The van der Waals surface area contributed by atoms with Gasteiger partial charge in [-0.1, -0.05) is 59.4 Å². The van der Waals surface area contributed by atoms with Gasteiger partial charge in [0.25, 0.3) is 0 Å². The zero-order chi connectivity index (χ0) is 70.4. The Kier molecular flexibility index (Phi) is 38.3. The molecule has 0 aromatic heterocycles. The van der Waals surface area contributed by atoms with Crippen molar-refractivity contribution in [3.8, 4) is 11.8 Å². The molecule has 2 unspecified atom stereocenters. The monoisotopic (exact) mass is 1930 g/mol. The second-order valence-corrected chi connectivity index (χ2v) is 32.8. The molecule has 0 aromatic rings. The van der Waals surface area contributed by atoms with Crippen LogP contribution in [0.25, 0.3) is 0 Å². The van der Waals surface area contributed by atoms with Crippen LogP contribution in [-0.4, -0.2) is 203 Å². The Morgan fingerprint density at radius 2 is 1.12 bits per heavy atom. The molecule has 30 heteroatoms. The third kappa shape index (κ3) is 23.2. The van der Waals surface area contributed by atoms with Gasteiger partial charge >= 0.3 is 18.3 Å². The molecule has 12 saturated heterocycles. The number of hydrogen-bond donors (Lipinski definition) is 2. The molecule has 0 amide bonds. The van der Waals surface area contributed by atoms with Gasteiger partial charge in [-0.25, -0.2) is 0 Å². The van der Waals surface area contributed by atoms with E-state index in [1.54, 1.807) is 6.08 Å². The molecule has 12 aliphatic rings. The molecule has 0 aliphatic carbocycles. The summed E-state index contributed by atoms with van der Waals surface area (Å²) in [4.78, 5) is 69.0. The molecule has 2 N–H and O–H groups in total. The number of aliphatic hydroxyl groups is 2. The van der Waals surface area contributed by atoms with Gasteiger partial charge in [0, 0.05) is 102 Å². The minimum Gasteiger partial charge on any atom is -0.469 e. The van der Waals surface area contributed by atoms with Crippen molar-refractivity contribution in [2.24, 2.45) is 11.8 Å². The minimum absolute atomic E-state index is 0. The summed E-state index contributed by atoms with van der Waals surface area (Å²) in [5, 5.41) is 21.1. The van der Waals surface area contributed by atoms with Crippen LogP contribution in [0.5, 0.6) is 0 Å². The molecular weight excluding hydrogens is 1830 g/mol. The van der Waals surface area contributed by atoms with Gasteiger partial charge in [-0.3, -0.25) is 14.4 Å². The van der Waals surface area contributed by atoms with E-state index in [9.17, 15) is 24.6 Å². The summed E-state index contributed by atoms with van der Waals surface area (Å²) < 4.78 is 83.8. The van der Waals surface area contributed by atoms with Crippen LogP contribution in [0.2, 0.25) is 0 Å². The van der Waals surface area contributed by atoms with Crippen LogP contribution in [0.15, 0.2) is 43.1 Å². The fourth-order valence-electron chi connectivity index (χ4n) is 14.9. The topological polar surface area (TPSA) is 280 Å². The van der Waals surface area contributed by atoms with E-state index in [1.807, 2.05) is 0 Å². The number of allylic oxidation sites excluding steroid dienone is 3. The van der Waals surface area contributed by atoms with Gasteiger partial charge < -0.3 is 71.8 Å². The van der Waals surface area contributed by atoms with Crippen LogP contribution in [0.3, 0.4) is 0 Å². The minimum atomic E-state index is -1.32. The van der Waals surface area contributed by atoms with Crippen LogP contribution in [0.4, 0.5) is 0 Å². The molecule has 12 heterocycles. The number of hydrogen-bond acceptors (Lipinski definition) is 22. The van der Waals surface area contributed by atoms with E-state index in [2.05, 4.69) is 134 Å². The van der Waals surface area contributed by atoms with E-state index in [4.69, 9.17) is 116 Å². The van der Waals surface area contributed by atoms with Crippen molar-refractivity contribution >= 4 is 132 Å². The first-order chi connectivity index (χ1) is 45.7. The van der Waals surface area contributed by atoms with Crippen molar-refractivity contribution in [2.75, 3.05) is 13.7 Å². The third-order valence-corrected chi connectivity index (χ3v) is 22.1. The summed E-state index contributed by atoms with van der Waals surface area (Å²) in [7, 11) is 1.39. The largest absolute Gasteiger partial charge is 0.469 e. The molecule has 12 aliphatic heterocycles. The van der Waals surface area contributed by atoms with Gasteiger partial charge in [0.05, 0.1) is 81.8 Å². The Hall–Kier alpha value is 0.798. The number of alkyl halides is 3. The van der Waals surface area contributed by atoms with Gasteiger partial charge in [0.15, 0.2) is 5.79 Å². The number of fused-ring (bicyclic) bond motifs is 5. The Labute approximate surface area is 683 Å². The van der Waals surface area contributed by atoms with Gasteiger partial charge in [-0.15, -0.1) is 41.4 Å². The summed E-state index contributed by atoms with van der Waals surface area (Å²) in [5.74, 6) is 1.92. The maximum Gasteiger partial charge on any atom is 0.373 e. The SMILES string of the molecule is C=C(I)C[C@H](Cl)CCC(=O)C#C[C@H](O)[C@@H]1O[C@H]2CC[C@H](CC)O[C@@H]2[C@H](C)[C@@H]1C.C=C(I)C[C@H](Cl)CCC(=O)C[C@]12O[C@@H]3[C@H](O1)[C@@H](O[C@H]1CC[C@H](CC)O[C@H]31)[C@H]2O.C=CCO[C@@]12CC3(CC[C@@H](Cl)CC(=C)I)O[C@H]4[C@H]5O[C@@H](CC(=O)OC)CC[C@@H]5OC([C@H]4O1)[C@@H]2O3.O=C=O.O=C=O.[HH].[Y].[Y]. The van der Waals surface area contributed by atoms with Crippen molar-refractivity contribution in [3.05, 3.63) is 43.1 Å². The Balaban J connectivity index is 0.000000300. The number of carbonyl (C=O) groups is 3. The van der Waals surface area contributed by atoms with Crippen molar-refractivity contribution < 1.29 is 172 Å². The van der Waals surface area contributed by atoms with E-state index < -0.39 is 60.1 Å². The van der Waals surface area contributed by atoms with E-state index in [-0.39, 0.29) is 211 Å². The summed E-state index contributed by atoms with van der Waals surface area (Å²) in [6.45, 7) is 24.2. The standard InChI is InChI=1S/C24H32ClIO8.C22H32ClIO4.C20H28ClIO6.2CO2.2Y.H2/c1-4-9-29-24-12-23(8-7-14(25)10-13(2)26)32-19-18-16(6-5-15(30-18)11-17(27)28-3)31-21(20(19)33-24)22(24)34-23;1-5-18-9-11-20-22(27-18)15(4)14(3)21(28-20)19(26)10-8-17(25)7-6-16(23)12-13(2)24;1-3-13-6-7-14-15(25-13)16-17-18(26-14)19(24)20(27-16,28-17)9-12(23)5-4-11(21)8-10(2)22;2*2-1-3;;;/h4,14-16,18-22H,1-2,5-12H2,3H3;14-16,18-22,26H,2,5-7,9,11-12H2,1,3-4H3;11,13-19,24H,2-9H2,1H3;;;;;1H/t14-,15-,16+,18+,19+,20+,21?,22+,23?,24+;14-,15+,16+,18-,19-,20-,21+,22+;11-,13+,14+,15+,16+,17+,18-,19-,20+;;;;;/m101...../s1. The number of Topliss-reactive ketones (excluding diaryl/α,β-unsaturated/α-hetero) is 2. The summed E-state index contributed by atoms with van der Waals surface area (Å²) in [5.41, 5.74) is 0. The maximum absolute atomic E-state index is 12.6. The molecule has 12 fully saturated rings. The average molecular weight is 1930 g/mol. The predicted molar refractivity (Wildman–Crippen MR) is 375 cm³/mol. The second-order valence-electron chi connectivity index (χ2n) is 26.3. The Morgan fingerprint density at radius 1 is 0.643 bits per heavy atom. The molecule has 546 valence electrons. The van der Waals surface area contributed by atoms with E-state index >= 15 is 0 Å². The van der Waals surface area contributed by atoms with Gasteiger partial charge in [-0.2, -0.15) is 19.2 Å². The first-order valence-corrected chi connectivity index (χ1v) is 37.7. The number of methoxy groups -OCH3 is 1. The number of ether oxygens (including phenoxy) is 13. The number of halogens is 6. The van der Waals surface area contributed by atoms with Crippen LogP contribution >= 0.6 is 103 Å². The molecule has 0 saturated carbocycles. The summed E-state index contributed by atoms with van der Waals surface area (Å²) in [6, 6.07) is 0. The van der Waals surface area contributed by atoms with Gasteiger partial charge in [0.1, 0.15) is 72.9 Å². The molecule has 2 radical (unpaired) electrons. The van der Waals surface area contributed by atoms with Crippen LogP contribution in [0, 0.1) is 23.7 Å². The first kappa shape index (κ1) is 89.4. The van der Waals surface area contributed by atoms with Gasteiger partial charge in [-0.05, 0) is 186 Å². The zero-order valence-corrected chi connectivity index (χ0v) is 70.5. The smallest absolute Gasteiger partial charge is 0.373 e.